The van der Waals surface area contributed by atoms with E-state index in [9.17, 15) is 5.11 Å². The summed E-state index contributed by atoms with van der Waals surface area (Å²) in [5, 5.41) is 12.7. The zero-order valence-corrected chi connectivity index (χ0v) is 39.9. The second kappa shape index (κ2) is 16.6. The van der Waals surface area contributed by atoms with Crippen molar-refractivity contribution in [1.82, 2.24) is 14.5 Å². The number of phenolic OH excluding ortho intramolecular Hbond substituents is 1. The number of nitrogens with zero attached hydrogens (tertiary/aromatic N) is 3. The van der Waals surface area contributed by atoms with E-state index in [0.29, 0.717) is 0 Å². The van der Waals surface area contributed by atoms with Gasteiger partial charge in [0.1, 0.15) is 5.75 Å². The number of pyridine rings is 1. The number of rotatable bonds is 6. The van der Waals surface area contributed by atoms with Gasteiger partial charge in [0.05, 0.1) is 16.9 Å². The predicted molar refractivity (Wildman–Crippen MR) is 260 cm³/mol. The summed E-state index contributed by atoms with van der Waals surface area (Å²) < 4.78 is 2.32. The van der Waals surface area contributed by atoms with Crippen molar-refractivity contribution in [3.63, 3.8) is 0 Å². The molecule has 318 valence electrons. The molecule has 0 saturated heterocycles. The Morgan fingerprint density at radius 1 is 0.476 bits per heavy atom. The van der Waals surface area contributed by atoms with Gasteiger partial charge < -0.3 is 9.67 Å². The molecular formula is C58H54N3OPt-. The molecule has 0 aliphatic rings. The van der Waals surface area contributed by atoms with Crippen LogP contribution >= 0.6 is 0 Å². The Hall–Kier alpha value is -6.09. The minimum absolute atomic E-state index is 0. The first-order valence-electron chi connectivity index (χ1n) is 21.6. The molecule has 0 spiro atoms. The van der Waals surface area contributed by atoms with Gasteiger partial charge in [-0.25, -0.2) is 0 Å². The zero-order chi connectivity index (χ0) is 43.6. The van der Waals surface area contributed by atoms with Crippen LogP contribution in [0.15, 0.2) is 158 Å². The molecule has 2 heterocycles. The van der Waals surface area contributed by atoms with Crippen LogP contribution < -0.4 is 0 Å². The van der Waals surface area contributed by atoms with Gasteiger partial charge in [0.15, 0.2) is 0 Å². The Morgan fingerprint density at radius 3 is 1.79 bits per heavy atom. The van der Waals surface area contributed by atoms with Gasteiger partial charge in [0.2, 0.25) is 0 Å². The molecule has 0 radical (unpaired) electrons. The van der Waals surface area contributed by atoms with Crippen LogP contribution in [0.3, 0.4) is 0 Å². The second-order valence-corrected chi connectivity index (χ2v) is 19.7. The zero-order valence-electron chi connectivity index (χ0n) is 37.6. The topological polar surface area (TPSA) is 50.9 Å². The second-order valence-electron chi connectivity index (χ2n) is 19.7. The largest absolute Gasteiger partial charge is 0.507 e. The average molecular weight is 1000 g/mol. The van der Waals surface area contributed by atoms with Crippen LogP contribution in [-0.4, -0.2) is 19.6 Å². The molecular weight excluding hydrogens is 950 g/mol. The van der Waals surface area contributed by atoms with E-state index in [2.05, 4.69) is 188 Å². The third-order valence-corrected chi connectivity index (χ3v) is 12.1. The predicted octanol–water partition coefficient (Wildman–Crippen LogP) is 15.3. The fraction of sp³-hybridized carbons (Fsp3) is 0.207. The van der Waals surface area contributed by atoms with E-state index in [1.807, 2.05) is 36.5 Å². The molecule has 0 saturated carbocycles. The third-order valence-electron chi connectivity index (χ3n) is 12.1. The molecule has 0 atom stereocenters. The Morgan fingerprint density at radius 2 is 1.11 bits per heavy atom. The normalized spacial score (nSPS) is 12.1. The molecule has 7 aromatic carbocycles. The maximum atomic E-state index is 11.6. The molecule has 0 fully saturated rings. The van der Waals surface area contributed by atoms with Crippen molar-refractivity contribution in [2.75, 3.05) is 0 Å². The van der Waals surface area contributed by atoms with Crippen LogP contribution in [0, 0.1) is 6.07 Å². The molecule has 2 aromatic heterocycles. The Balaban J connectivity index is 0.00000544. The summed E-state index contributed by atoms with van der Waals surface area (Å²) >= 11 is 0. The molecule has 63 heavy (non-hydrogen) atoms. The van der Waals surface area contributed by atoms with Crippen LogP contribution in [-0.2, 0) is 37.3 Å². The standard InChI is InChI=1S/C58H54N3O.Pt/c1-56(2,3)43-26-27-50(47(35-43)38-20-14-11-15-21-38)61-51-24-16-23-46(49-34-39(25-28-52(49)62)37-18-12-10-13-19-37)54(51)60-55(61)42-30-41(32-44(33-42)57(4,5)6)48-36-45(58(7,8)9)31-40-22-17-29-59-53(40)48;/h10-29,31-36,62H,1-9H3;/q-1;. The van der Waals surface area contributed by atoms with Crippen molar-refractivity contribution >= 4 is 21.9 Å². The molecule has 5 heteroatoms. The van der Waals surface area contributed by atoms with Crippen molar-refractivity contribution in [3.05, 3.63) is 181 Å². The Kier molecular flexibility index (Phi) is 11.4. The minimum Gasteiger partial charge on any atom is -0.507 e. The van der Waals surface area contributed by atoms with Crippen molar-refractivity contribution < 1.29 is 26.2 Å². The van der Waals surface area contributed by atoms with E-state index < -0.39 is 0 Å². The smallest absolute Gasteiger partial charge is 0.123 e. The van der Waals surface area contributed by atoms with Gasteiger partial charge in [-0.15, -0.1) is 29.3 Å². The number of hydrogen-bond donors (Lipinski definition) is 1. The quantitative estimate of drug-likeness (QED) is 0.169. The minimum atomic E-state index is -0.196. The summed E-state index contributed by atoms with van der Waals surface area (Å²) in [5.41, 5.74) is 15.8. The summed E-state index contributed by atoms with van der Waals surface area (Å²) in [6, 6.07) is 57.2. The molecule has 0 aliphatic heterocycles. The van der Waals surface area contributed by atoms with Gasteiger partial charge in [0.25, 0.3) is 0 Å². The maximum Gasteiger partial charge on any atom is 0.123 e. The van der Waals surface area contributed by atoms with E-state index in [1.54, 1.807) is 6.07 Å². The first-order chi connectivity index (χ1) is 29.5. The summed E-state index contributed by atoms with van der Waals surface area (Å²) in [5.74, 6) is 0.970. The number of para-hydroxylation sites is 1. The van der Waals surface area contributed by atoms with Crippen LogP contribution in [0.5, 0.6) is 5.75 Å². The van der Waals surface area contributed by atoms with Gasteiger partial charge in [-0.3, -0.25) is 9.97 Å². The molecule has 0 amide bonds. The Bertz CT molecular complexity index is 3130. The van der Waals surface area contributed by atoms with E-state index in [-0.39, 0.29) is 43.1 Å². The van der Waals surface area contributed by atoms with Gasteiger partial charge in [-0.2, -0.15) is 0 Å². The van der Waals surface area contributed by atoms with E-state index in [1.165, 1.54) is 16.7 Å². The van der Waals surface area contributed by atoms with Gasteiger partial charge in [-0.05, 0) is 85.8 Å². The number of aromatic nitrogens is 3. The molecule has 4 nitrogen and oxygen atoms in total. The molecule has 0 unspecified atom stereocenters. The summed E-state index contributed by atoms with van der Waals surface area (Å²) in [6.45, 7) is 20.4. The van der Waals surface area contributed by atoms with Crippen LogP contribution in [0.1, 0.15) is 79.0 Å². The first kappa shape index (κ1) is 43.6. The average Bonchev–Trinajstić information content (AvgIpc) is 3.65. The van der Waals surface area contributed by atoms with Crippen molar-refractivity contribution in [2.24, 2.45) is 0 Å². The monoisotopic (exact) mass is 1000 g/mol. The number of phenols is 1. The van der Waals surface area contributed by atoms with Crippen LogP contribution in [0.25, 0.3) is 83.5 Å². The molecule has 9 aromatic rings. The number of hydrogen-bond acceptors (Lipinski definition) is 3. The number of aromatic hydroxyl groups is 1. The molecule has 9 rings (SSSR count). The number of benzene rings is 7. The van der Waals surface area contributed by atoms with Crippen LogP contribution in [0.2, 0.25) is 0 Å². The first-order valence-corrected chi connectivity index (χ1v) is 21.6. The molecule has 0 bridgehead atoms. The van der Waals surface area contributed by atoms with Crippen molar-refractivity contribution in [3.8, 4) is 67.3 Å². The maximum absolute atomic E-state index is 11.6. The van der Waals surface area contributed by atoms with Gasteiger partial charge in [0, 0.05) is 55.2 Å². The molecule has 1 N–H and O–H groups in total. The number of imidazole rings is 1. The SMILES string of the molecule is CC(C)(C)c1cc(-c2cc(C(C)(C)C)cc3cccnc23)[c-]c(-c2nc3c(-c4cc(-c5ccccc5)ccc4O)cccc3n2-c2ccc(C(C)(C)C)cc2-c2ccccc2)c1.[Pt]. The number of fused-ring (bicyclic) bond motifs is 2. The summed E-state index contributed by atoms with van der Waals surface area (Å²) in [7, 11) is 0. The third kappa shape index (κ3) is 8.42. The summed E-state index contributed by atoms with van der Waals surface area (Å²) in [4.78, 5) is 10.6. The molecule has 0 aliphatic carbocycles. The fourth-order valence-corrected chi connectivity index (χ4v) is 8.45. The van der Waals surface area contributed by atoms with E-state index in [0.717, 1.165) is 83.5 Å². The fourth-order valence-electron chi connectivity index (χ4n) is 8.45. The van der Waals surface area contributed by atoms with E-state index in [4.69, 9.17) is 9.97 Å². The van der Waals surface area contributed by atoms with Crippen molar-refractivity contribution in [1.29, 1.82) is 0 Å². The van der Waals surface area contributed by atoms with Crippen molar-refractivity contribution in [2.45, 2.75) is 78.6 Å². The summed E-state index contributed by atoms with van der Waals surface area (Å²) in [6.07, 6.45) is 1.88. The van der Waals surface area contributed by atoms with Gasteiger partial charge in [-0.1, -0.05) is 177 Å². The van der Waals surface area contributed by atoms with Crippen LogP contribution in [0.4, 0.5) is 0 Å². The van der Waals surface area contributed by atoms with E-state index >= 15 is 0 Å². The Labute approximate surface area is 387 Å². The van der Waals surface area contributed by atoms with Gasteiger partial charge >= 0.3 is 0 Å².